The van der Waals surface area contributed by atoms with Gasteiger partial charge in [0.25, 0.3) is 0 Å². The predicted octanol–water partition coefficient (Wildman–Crippen LogP) is 7.86. The van der Waals surface area contributed by atoms with Crippen LogP contribution in [0.1, 0.15) is 87.0 Å². The van der Waals surface area contributed by atoms with Crippen LogP contribution in [0.5, 0.6) is 0 Å². The van der Waals surface area contributed by atoms with E-state index in [1.165, 1.54) is 68.1 Å². The molecule has 1 saturated carbocycles. The molecule has 2 aromatic rings. The van der Waals surface area contributed by atoms with Crippen LogP contribution >= 0.6 is 0 Å². The summed E-state index contributed by atoms with van der Waals surface area (Å²) in [5.41, 5.74) is 5.52. The standard InChI is InChI=1S/C29H36/c1-3-5-6-9-25-12-14-26(15-13-25)10-7-8-11-27-18-22-29(23-19-27)28-20-16-24(4-2)17-21-28/h8,11-17,20-21,27,29H,3-6,9,18-19,22-23H2,1-2H3/b11-8+. The van der Waals surface area contributed by atoms with E-state index in [2.05, 4.69) is 86.4 Å². The van der Waals surface area contributed by atoms with Crippen molar-refractivity contribution in [3.05, 3.63) is 82.9 Å². The lowest BCUT2D eigenvalue weighted by molar-refractivity contribution is 0.376. The molecule has 0 heteroatoms. The molecule has 0 aliphatic heterocycles. The van der Waals surface area contributed by atoms with Gasteiger partial charge in [0.15, 0.2) is 0 Å². The smallest absolute Gasteiger partial charge is 0.0249 e. The fourth-order valence-corrected chi connectivity index (χ4v) is 4.31. The van der Waals surface area contributed by atoms with Crippen LogP contribution in [0, 0.1) is 17.8 Å². The Labute approximate surface area is 178 Å². The van der Waals surface area contributed by atoms with E-state index in [4.69, 9.17) is 0 Å². The van der Waals surface area contributed by atoms with Gasteiger partial charge in [-0.2, -0.15) is 0 Å². The van der Waals surface area contributed by atoms with Crippen LogP contribution in [-0.2, 0) is 12.8 Å². The molecule has 29 heavy (non-hydrogen) atoms. The van der Waals surface area contributed by atoms with E-state index in [-0.39, 0.29) is 0 Å². The van der Waals surface area contributed by atoms with Crippen molar-refractivity contribution in [3.8, 4) is 11.8 Å². The molecular formula is C29H36. The highest BCUT2D eigenvalue weighted by Crippen LogP contribution is 2.36. The van der Waals surface area contributed by atoms with E-state index >= 15 is 0 Å². The molecular weight excluding hydrogens is 348 g/mol. The molecule has 0 N–H and O–H groups in total. The second-order valence-electron chi connectivity index (χ2n) is 8.49. The number of aryl methyl sites for hydroxylation is 2. The average molecular weight is 385 g/mol. The average Bonchev–Trinajstić information content (AvgIpc) is 2.78. The van der Waals surface area contributed by atoms with Crippen molar-refractivity contribution in [2.45, 2.75) is 77.6 Å². The van der Waals surface area contributed by atoms with E-state index in [0.29, 0.717) is 5.92 Å². The maximum Gasteiger partial charge on any atom is 0.0249 e. The summed E-state index contributed by atoms with van der Waals surface area (Å²) in [7, 11) is 0. The lowest BCUT2D eigenvalue weighted by Crippen LogP contribution is -2.11. The topological polar surface area (TPSA) is 0 Å². The first kappa shape index (κ1) is 21.4. The van der Waals surface area contributed by atoms with Crippen LogP contribution in [0.2, 0.25) is 0 Å². The molecule has 1 fully saturated rings. The van der Waals surface area contributed by atoms with Crippen LogP contribution < -0.4 is 0 Å². The molecule has 152 valence electrons. The van der Waals surface area contributed by atoms with Gasteiger partial charge in [-0.05, 0) is 91.7 Å². The number of hydrogen-bond donors (Lipinski definition) is 0. The van der Waals surface area contributed by atoms with Gasteiger partial charge in [0.1, 0.15) is 0 Å². The van der Waals surface area contributed by atoms with Gasteiger partial charge in [-0.1, -0.05) is 81.0 Å². The van der Waals surface area contributed by atoms with Gasteiger partial charge in [0, 0.05) is 5.56 Å². The number of allylic oxidation sites excluding steroid dienone is 2. The maximum absolute atomic E-state index is 3.29. The van der Waals surface area contributed by atoms with Crippen LogP contribution in [0.15, 0.2) is 60.7 Å². The first-order valence-corrected chi connectivity index (χ1v) is 11.6. The normalized spacial score (nSPS) is 19.1. The maximum atomic E-state index is 3.29. The molecule has 0 heterocycles. The molecule has 0 spiro atoms. The van der Waals surface area contributed by atoms with Crippen molar-refractivity contribution in [2.24, 2.45) is 5.92 Å². The molecule has 0 radical (unpaired) electrons. The third kappa shape index (κ3) is 6.93. The fraction of sp³-hybridized carbons (Fsp3) is 0.448. The Morgan fingerprint density at radius 2 is 1.52 bits per heavy atom. The highest BCUT2D eigenvalue weighted by atomic mass is 14.2. The SMILES string of the molecule is CCCCCc1ccc(C#C/C=C/C2CCC(c3ccc(CC)cc3)CC2)cc1. The van der Waals surface area contributed by atoms with Crippen LogP contribution in [0.4, 0.5) is 0 Å². The Bertz CT molecular complexity index is 803. The second-order valence-corrected chi connectivity index (χ2v) is 8.49. The molecule has 1 aliphatic rings. The lowest BCUT2D eigenvalue weighted by Gasteiger charge is -2.27. The Kier molecular flexibility index (Phi) is 8.63. The molecule has 0 saturated heterocycles. The summed E-state index contributed by atoms with van der Waals surface area (Å²) >= 11 is 0. The molecule has 2 aromatic carbocycles. The largest absolute Gasteiger partial charge is 0.0730 e. The van der Waals surface area contributed by atoms with Crippen LogP contribution in [-0.4, -0.2) is 0 Å². The highest BCUT2D eigenvalue weighted by Gasteiger charge is 2.20. The highest BCUT2D eigenvalue weighted by molar-refractivity contribution is 5.38. The van der Waals surface area contributed by atoms with Crippen LogP contribution in [0.3, 0.4) is 0 Å². The lowest BCUT2D eigenvalue weighted by atomic mass is 9.78. The summed E-state index contributed by atoms with van der Waals surface area (Å²) in [6, 6.07) is 18.1. The third-order valence-corrected chi connectivity index (χ3v) is 6.32. The number of unbranched alkanes of at least 4 members (excludes halogenated alkanes) is 2. The molecule has 0 unspecified atom stereocenters. The van der Waals surface area contributed by atoms with E-state index in [0.717, 1.165) is 17.9 Å². The second kappa shape index (κ2) is 11.7. The van der Waals surface area contributed by atoms with E-state index in [1.54, 1.807) is 0 Å². The van der Waals surface area contributed by atoms with Gasteiger partial charge in [-0.15, -0.1) is 0 Å². The van der Waals surface area contributed by atoms with Crippen molar-refractivity contribution in [3.63, 3.8) is 0 Å². The minimum absolute atomic E-state index is 0.691. The Balaban J connectivity index is 1.43. The molecule has 0 nitrogen and oxygen atoms in total. The summed E-state index contributed by atoms with van der Waals surface area (Å²) in [5.74, 6) is 7.97. The zero-order valence-electron chi connectivity index (χ0n) is 18.3. The summed E-state index contributed by atoms with van der Waals surface area (Å²) in [6.45, 7) is 4.47. The Morgan fingerprint density at radius 3 is 2.17 bits per heavy atom. The van der Waals surface area contributed by atoms with Crippen molar-refractivity contribution in [1.82, 2.24) is 0 Å². The summed E-state index contributed by atoms with van der Waals surface area (Å²) in [5, 5.41) is 0. The molecule has 1 aliphatic carbocycles. The molecule has 0 atom stereocenters. The molecule has 0 amide bonds. The number of rotatable bonds is 7. The number of benzene rings is 2. The van der Waals surface area contributed by atoms with Gasteiger partial charge in [0.05, 0.1) is 0 Å². The van der Waals surface area contributed by atoms with Gasteiger partial charge < -0.3 is 0 Å². The quantitative estimate of drug-likeness (QED) is 0.336. The first-order valence-electron chi connectivity index (χ1n) is 11.6. The van der Waals surface area contributed by atoms with E-state index in [1.807, 2.05) is 0 Å². The van der Waals surface area contributed by atoms with Crippen LogP contribution in [0.25, 0.3) is 0 Å². The van der Waals surface area contributed by atoms with Crippen molar-refractivity contribution in [1.29, 1.82) is 0 Å². The van der Waals surface area contributed by atoms with Crippen molar-refractivity contribution in [2.75, 3.05) is 0 Å². The minimum atomic E-state index is 0.691. The minimum Gasteiger partial charge on any atom is -0.0730 e. The molecule has 0 bridgehead atoms. The van der Waals surface area contributed by atoms with Crippen molar-refractivity contribution >= 4 is 0 Å². The van der Waals surface area contributed by atoms with E-state index < -0.39 is 0 Å². The molecule has 0 aromatic heterocycles. The first-order chi connectivity index (χ1) is 14.3. The summed E-state index contributed by atoms with van der Waals surface area (Å²) in [4.78, 5) is 0. The Hall–Kier alpha value is -2.26. The number of hydrogen-bond acceptors (Lipinski definition) is 0. The van der Waals surface area contributed by atoms with Crippen molar-refractivity contribution < 1.29 is 0 Å². The Morgan fingerprint density at radius 1 is 0.828 bits per heavy atom. The molecule has 3 rings (SSSR count). The monoisotopic (exact) mass is 384 g/mol. The predicted molar refractivity (Wildman–Crippen MR) is 126 cm³/mol. The zero-order chi connectivity index (χ0) is 20.3. The summed E-state index contributed by atoms with van der Waals surface area (Å²) < 4.78 is 0. The van der Waals surface area contributed by atoms with Gasteiger partial charge in [0.2, 0.25) is 0 Å². The summed E-state index contributed by atoms with van der Waals surface area (Å²) in [6.07, 6.45) is 15.8. The third-order valence-electron chi connectivity index (χ3n) is 6.32. The van der Waals surface area contributed by atoms with E-state index in [9.17, 15) is 0 Å². The van der Waals surface area contributed by atoms with Gasteiger partial charge >= 0.3 is 0 Å². The van der Waals surface area contributed by atoms with Gasteiger partial charge in [-0.3, -0.25) is 0 Å². The zero-order valence-corrected chi connectivity index (χ0v) is 18.3. The fourth-order valence-electron chi connectivity index (χ4n) is 4.31. The van der Waals surface area contributed by atoms with Gasteiger partial charge in [-0.25, -0.2) is 0 Å².